The summed E-state index contributed by atoms with van der Waals surface area (Å²) in [4.78, 5) is 22.1. The lowest BCUT2D eigenvalue weighted by Crippen LogP contribution is -2.23. The zero-order valence-electron chi connectivity index (χ0n) is 13.9. The molecule has 0 aliphatic heterocycles. The van der Waals surface area contributed by atoms with Crippen LogP contribution in [0.5, 0.6) is 0 Å². The third-order valence-electron chi connectivity index (χ3n) is 4.04. The SMILES string of the molecule is CCCn1c(SCc2cn3ccccc3n2)nc2ccccc2c1=O. The van der Waals surface area contributed by atoms with Crippen LogP contribution in [0.4, 0.5) is 0 Å². The van der Waals surface area contributed by atoms with Crippen LogP contribution in [0.3, 0.4) is 0 Å². The zero-order valence-corrected chi connectivity index (χ0v) is 14.7. The molecule has 4 rings (SSSR count). The maximum absolute atomic E-state index is 12.8. The number of hydrogen-bond acceptors (Lipinski definition) is 4. The molecule has 0 aliphatic carbocycles. The van der Waals surface area contributed by atoms with Gasteiger partial charge in [-0.3, -0.25) is 9.36 Å². The van der Waals surface area contributed by atoms with E-state index >= 15 is 0 Å². The summed E-state index contributed by atoms with van der Waals surface area (Å²) in [6.45, 7) is 2.74. The molecular weight excluding hydrogens is 332 g/mol. The second-order valence-electron chi connectivity index (χ2n) is 5.86. The van der Waals surface area contributed by atoms with E-state index in [4.69, 9.17) is 4.98 Å². The van der Waals surface area contributed by atoms with Crippen LogP contribution < -0.4 is 5.56 Å². The van der Waals surface area contributed by atoms with Gasteiger partial charge < -0.3 is 4.40 Å². The smallest absolute Gasteiger partial charge is 0.262 e. The molecule has 3 heterocycles. The number of nitrogens with zero attached hydrogens (tertiary/aromatic N) is 4. The maximum atomic E-state index is 12.8. The Balaban J connectivity index is 1.70. The Labute approximate surface area is 149 Å². The largest absolute Gasteiger partial charge is 0.307 e. The van der Waals surface area contributed by atoms with Gasteiger partial charge in [0.15, 0.2) is 5.16 Å². The molecule has 1 aromatic carbocycles. The summed E-state index contributed by atoms with van der Waals surface area (Å²) in [6, 6.07) is 13.5. The number of thioether (sulfide) groups is 1. The quantitative estimate of drug-likeness (QED) is 0.406. The fraction of sp³-hybridized carbons (Fsp3) is 0.211. The van der Waals surface area contributed by atoms with E-state index in [0.29, 0.717) is 17.7 Å². The molecule has 126 valence electrons. The molecule has 0 aliphatic rings. The third-order valence-corrected chi connectivity index (χ3v) is 5.05. The molecule has 0 spiro atoms. The molecule has 0 fully saturated rings. The van der Waals surface area contributed by atoms with Crippen LogP contribution in [-0.4, -0.2) is 18.9 Å². The fourth-order valence-electron chi connectivity index (χ4n) is 2.87. The Hall–Kier alpha value is -2.60. The summed E-state index contributed by atoms with van der Waals surface area (Å²) in [5.41, 5.74) is 2.68. The van der Waals surface area contributed by atoms with Gasteiger partial charge in [-0.25, -0.2) is 9.97 Å². The normalized spacial score (nSPS) is 11.4. The summed E-state index contributed by atoms with van der Waals surface area (Å²) in [5.74, 6) is 0.677. The highest BCUT2D eigenvalue weighted by atomic mass is 32.2. The molecule has 0 bridgehead atoms. The standard InChI is InChI=1S/C19H18N4OS/c1-2-10-23-18(24)15-7-3-4-8-16(15)21-19(23)25-13-14-12-22-11-6-5-9-17(22)20-14/h3-9,11-12H,2,10,13H2,1H3. The predicted molar refractivity (Wildman–Crippen MR) is 101 cm³/mol. The van der Waals surface area contributed by atoms with E-state index in [1.807, 2.05) is 59.3 Å². The zero-order chi connectivity index (χ0) is 17.2. The Morgan fingerprint density at radius 2 is 1.92 bits per heavy atom. The molecule has 6 heteroatoms. The second-order valence-corrected chi connectivity index (χ2v) is 6.80. The summed E-state index contributed by atoms with van der Waals surface area (Å²) in [7, 11) is 0. The van der Waals surface area contributed by atoms with Crippen LogP contribution >= 0.6 is 11.8 Å². The van der Waals surface area contributed by atoms with Gasteiger partial charge in [0.1, 0.15) is 5.65 Å². The first-order valence-corrected chi connectivity index (χ1v) is 9.30. The van der Waals surface area contributed by atoms with Crippen molar-refractivity contribution in [3.05, 3.63) is 70.9 Å². The monoisotopic (exact) mass is 350 g/mol. The van der Waals surface area contributed by atoms with Gasteiger partial charge in [0.05, 0.1) is 16.6 Å². The van der Waals surface area contributed by atoms with Crippen molar-refractivity contribution in [2.24, 2.45) is 0 Å². The molecule has 0 unspecified atom stereocenters. The fourth-order valence-corrected chi connectivity index (χ4v) is 3.78. The minimum Gasteiger partial charge on any atom is -0.307 e. The number of imidazole rings is 1. The molecule has 5 nitrogen and oxygen atoms in total. The molecule has 0 amide bonds. The molecule has 0 saturated carbocycles. The highest BCUT2D eigenvalue weighted by molar-refractivity contribution is 7.98. The Kier molecular flexibility index (Phi) is 4.28. The van der Waals surface area contributed by atoms with Crippen LogP contribution in [0.1, 0.15) is 19.0 Å². The van der Waals surface area contributed by atoms with E-state index in [9.17, 15) is 4.79 Å². The van der Waals surface area contributed by atoms with Crippen molar-refractivity contribution in [2.75, 3.05) is 0 Å². The molecule has 0 N–H and O–H groups in total. The average Bonchev–Trinajstić information content (AvgIpc) is 3.06. The summed E-state index contributed by atoms with van der Waals surface area (Å²) >= 11 is 1.56. The second kappa shape index (κ2) is 6.72. The van der Waals surface area contributed by atoms with Crippen LogP contribution in [0, 0.1) is 0 Å². The minimum atomic E-state index is 0.0324. The molecule has 0 saturated heterocycles. The lowest BCUT2D eigenvalue weighted by atomic mass is 10.2. The predicted octanol–water partition coefficient (Wildman–Crippen LogP) is 3.75. The highest BCUT2D eigenvalue weighted by Crippen LogP contribution is 2.22. The number of aromatic nitrogens is 4. The van der Waals surface area contributed by atoms with Gasteiger partial charge >= 0.3 is 0 Å². The Bertz CT molecular complexity index is 1070. The summed E-state index contributed by atoms with van der Waals surface area (Å²) < 4.78 is 3.78. The number of fused-ring (bicyclic) bond motifs is 2. The van der Waals surface area contributed by atoms with Crippen LogP contribution in [0.2, 0.25) is 0 Å². The molecule has 4 aromatic rings. The van der Waals surface area contributed by atoms with Crippen molar-refractivity contribution in [3.63, 3.8) is 0 Å². The van der Waals surface area contributed by atoms with E-state index in [1.165, 1.54) is 0 Å². The first-order chi connectivity index (χ1) is 12.3. The lowest BCUT2D eigenvalue weighted by Gasteiger charge is -2.11. The van der Waals surface area contributed by atoms with Gasteiger partial charge in [0.2, 0.25) is 0 Å². The minimum absolute atomic E-state index is 0.0324. The van der Waals surface area contributed by atoms with E-state index in [0.717, 1.165) is 28.4 Å². The third kappa shape index (κ3) is 3.05. The maximum Gasteiger partial charge on any atom is 0.262 e. The van der Waals surface area contributed by atoms with Crippen LogP contribution in [0.15, 0.2) is 64.8 Å². The van der Waals surface area contributed by atoms with Crippen molar-refractivity contribution in [2.45, 2.75) is 30.8 Å². The Morgan fingerprint density at radius 3 is 2.76 bits per heavy atom. The van der Waals surface area contributed by atoms with Crippen molar-refractivity contribution in [3.8, 4) is 0 Å². The van der Waals surface area contributed by atoms with Gasteiger partial charge in [0.25, 0.3) is 5.56 Å². The molecule has 3 aromatic heterocycles. The van der Waals surface area contributed by atoms with Gasteiger partial charge in [-0.15, -0.1) is 0 Å². The molecule has 0 atom stereocenters. The Morgan fingerprint density at radius 1 is 1.08 bits per heavy atom. The first kappa shape index (κ1) is 15.9. The van der Waals surface area contributed by atoms with E-state index in [-0.39, 0.29) is 5.56 Å². The summed E-state index contributed by atoms with van der Waals surface area (Å²) in [6.07, 6.45) is 4.89. The number of benzene rings is 1. The highest BCUT2D eigenvalue weighted by Gasteiger charge is 2.12. The van der Waals surface area contributed by atoms with Gasteiger partial charge in [-0.1, -0.05) is 36.9 Å². The van der Waals surface area contributed by atoms with E-state index in [2.05, 4.69) is 11.9 Å². The molecule has 25 heavy (non-hydrogen) atoms. The topological polar surface area (TPSA) is 52.2 Å². The summed E-state index contributed by atoms with van der Waals surface area (Å²) in [5, 5.41) is 1.43. The van der Waals surface area contributed by atoms with Crippen molar-refractivity contribution >= 4 is 28.3 Å². The molecular formula is C19H18N4OS. The van der Waals surface area contributed by atoms with E-state index < -0.39 is 0 Å². The van der Waals surface area contributed by atoms with Crippen molar-refractivity contribution in [1.82, 2.24) is 18.9 Å². The van der Waals surface area contributed by atoms with Crippen molar-refractivity contribution in [1.29, 1.82) is 0 Å². The van der Waals surface area contributed by atoms with E-state index in [1.54, 1.807) is 16.3 Å². The number of hydrogen-bond donors (Lipinski definition) is 0. The first-order valence-electron chi connectivity index (χ1n) is 8.31. The van der Waals surface area contributed by atoms with Crippen LogP contribution in [-0.2, 0) is 12.3 Å². The number of para-hydroxylation sites is 1. The van der Waals surface area contributed by atoms with Gasteiger partial charge in [0, 0.05) is 24.7 Å². The molecule has 0 radical (unpaired) electrons. The van der Waals surface area contributed by atoms with Gasteiger partial charge in [-0.05, 0) is 30.7 Å². The van der Waals surface area contributed by atoms with Crippen LogP contribution in [0.25, 0.3) is 16.6 Å². The van der Waals surface area contributed by atoms with Gasteiger partial charge in [-0.2, -0.15) is 0 Å². The number of rotatable bonds is 5. The van der Waals surface area contributed by atoms with Crippen molar-refractivity contribution < 1.29 is 0 Å². The number of pyridine rings is 1. The average molecular weight is 350 g/mol. The lowest BCUT2D eigenvalue weighted by molar-refractivity contribution is 0.584.